The first-order chi connectivity index (χ1) is 11.0. The molecule has 23 heavy (non-hydrogen) atoms. The van der Waals surface area contributed by atoms with Crippen molar-refractivity contribution in [3.8, 4) is 11.5 Å². The van der Waals surface area contributed by atoms with Gasteiger partial charge in [-0.3, -0.25) is 9.59 Å². The van der Waals surface area contributed by atoms with Crippen LogP contribution in [-0.2, 0) is 4.79 Å². The lowest BCUT2D eigenvalue weighted by Crippen LogP contribution is -2.20. The van der Waals surface area contributed by atoms with E-state index in [1.54, 1.807) is 37.4 Å². The monoisotopic (exact) mass is 313 g/mol. The van der Waals surface area contributed by atoms with Crippen LogP contribution in [0.4, 0.5) is 5.69 Å². The maximum atomic E-state index is 12.0. The van der Waals surface area contributed by atoms with E-state index in [9.17, 15) is 9.59 Å². The van der Waals surface area contributed by atoms with Crippen molar-refractivity contribution in [2.75, 3.05) is 19.0 Å². The molecule has 0 heterocycles. The summed E-state index contributed by atoms with van der Waals surface area (Å²) in [5.41, 5.74) is 2.14. The van der Waals surface area contributed by atoms with Gasteiger partial charge in [0.15, 0.2) is 23.9 Å². The maximum absolute atomic E-state index is 12.0. The number of amides is 1. The third-order valence-corrected chi connectivity index (χ3v) is 3.23. The average molecular weight is 313 g/mol. The zero-order valence-electron chi connectivity index (χ0n) is 13.4. The summed E-state index contributed by atoms with van der Waals surface area (Å²) in [4.78, 5) is 23.3. The van der Waals surface area contributed by atoms with Crippen molar-refractivity contribution in [1.29, 1.82) is 0 Å². The lowest BCUT2D eigenvalue weighted by atomic mass is 10.1. The van der Waals surface area contributed by atoms with Crippen LogP contribution >= 0.6 is 0 Å². The van der Waals surface area contributed by atoms with Crippen LogP contribution in [0.25, 0.3) is 0 Å². The van der Waals surface area contributed by atoms with Crippen LogP contribution in [0.3, 0.4) is 0 Å². The van der Waals surface area contributed by atoms with Gasteiger partial charge in [0.25, 0.3) is 5.91 Å². The van der Waals surface area contributed by atoms with Crippen LogP contribution < -0.4 is 14.8 Å². The zero-order chi connectivity index (χ0) is 16.8. The number of carbonyl (C=O) groups excluding carboxylic acids is 2. The molecule has 0 fully saturated rings. The number of hydrogen-bond donors (Lipinski definition) is 1. The van der Waals surface area contributed by atoms with Crippen LogP contribution in [0.15, 0.2) is 42.5 Å². The summed E-state index contributed by atoms with van der Waals surface area (Å²) < 4.78 is 10.7. The Balaban J connectivity index is 1.98. The summed E-state index contributed by atoms with van der Waals surface area (Å²) in [6.45, 7) is 3.28. The molecule has 0 unspecified atom stereocenters. The first-order valence-electron chi connectivity index (χ1n) is 7.18. The largest absolute Gasteiger partial charge is 0.493 e. The average Bonchev–Trinajstić information content (AvgIpc) is 2.53. The van der Waals surface area contributed by atoms with E-state index in [0.29, 0.717) is 22.7 Å². The van der Waals surface area contributed by atoms with E-state index >= 15 is 0 Å². The van der Waals surface area contributed by atoms with E-state index in [-0.39, 0.29) is 18.3 Å². The molecule has 0 aromatic heterocycles. The molecule has 0 saturated carbocycles. The van der Waals surface area contributed by atoms with Crippen molar-refractivity contribution in [3.05, 3.63) is 53.6 Å². The highest BCUT2D eigenvalue weighted by molar-refractivity contribution is 5.97. The van der Waals surface area contributed by atoms with Gasteiger partial charge in [-0.1, -0.05) is 18.2 Å². The van der Waals surface area contributed by atoms with Gasteiger partial charge in [0.05, 0.1) is 7.11 Å². The van der Waals surface area contributed by atoms with Crippen molar-refractivity contribution in [2.45, 2.75) is 13.8 Å². The molecule has 5 nitrogen and oxygen atoms in total. The number of carbonyl (C=O) groups is 2. The minimum atomic E-state index is -0.312. The van der Waals surface area contributed by atoms with Crippen molar-refractivity contribution >= 4 is 17.4 Å². The number of nitrogens with one attached hydrogen (secondary N) is 1. The molecular weight excluding hydrogens is 294 g/mol. The van der Waals surface area contributed by atoms with Crippen molar-refractivity contribution < 1.29 is 19.1 Å². The third-order valence-electron chi connectivity index (χ3n) is 3.23. The molecule has 0 aliphatic rings. The van der Waals surface area contributed by atoms with Crippen LogP contribution in [0.5, 0.6) is 11.5 Å². The van der Waals surface area contributed by atoms with Crippen molar-refractivity contribution in [2.24, 2.45) is 0 Å². The highest BCUT2D eigenvalue weighted by atomic mass is 16.5. The number of aryl methyl sites for hydroxylation is 1. The highest BCUT2D eigenvalue weighted by Gasteiger charge is 2.09. The fourth-order valence-corrected chi connectivity index (χ4v) is 2.05. The summed E-state index contributed by atoms with van der Waals surface area (Å²) in [7, 11) is 1.55. The molecule has 0 radical (unpaired) electrons. The minimum absolute atomic E-state index is 0.0539. The molecule has 0 aliphatic heterocycles. The Morgan fingerprint density at radius 3 is 2.57 bits per heavy atom. The number of methoxy groups -OCH3 is 1. The second kappa shape index (κ2) is 7.45. The van der Waals surface area contributed by atoms with Crippen LogP contribution in [-0.4, -0.2) is 25.4 Å². The summed E-state index contributed by atoms with van der Waals surface area (Å²) in [5, 5.41) is 2.70. The second-order valence-corrected chi connectivity index (χ2v) is 5.13. The summed E-state index contributed by atoms with van der Waals surface area (Å²) in [5.74, 6) is 0.720. The number of benzene rings is 2. The fraction of sp³-hybridized carbons (Fsp3) is 0.222. The molecular formula is C18H19NO4. The van der Waals surface area contributed by atoms with Crippen molar-refractivity contribution in [1.82, 2.24) is 0 Å². The standard InChI is InChI=1S/C18H19NO4/c1-12-7-8-16(17(9-12)22-3)23-11-18(21)19-15-6-4-5-14(10-15)13(2)20/h4-10H,11H2,1-3H3,(H,19,21). The molecule has 2 aromatic rings. The fourth-order valence-electron chi connectivity index (χ4n) is 2.05. The molecule has 0 bridgehead atoms. The van der Waals surface area contributed by atoms with Gasteiger partial charge in [-0.05, 0) is 43.7 Å². The molecule has 2 aromatic carbocycles. The Morgan fingerprint density at radius 1 is 1.09 bits per heavy atom. The lowest BCUT2D eigenvalue weighted by molar-refractivity contribution is -0.118. The van der Waals surface area contributed by atoms with E-state index in [0.717, 1.165) is 5.56 Å². The van der Waals surface area contributed by atoms with E-state index in [4.69, 9.17) is 9.47 Å². The van der Waals surface area contributed by atoms with Gasteiger partial charge in [-0.15, -0.1) is 0 Å². The lowest BCUT2D eigenvalue weighted by Gasteiger charge is -2.11. The first kappa shape index (κ1) is 16.5. The zero-order valence-corrected chi connectivity index (χ0v) is 13.4. The van der Waals surface area contributed by atoms with Gasteiger partial charge in [-0.2, -0.15) is 0 Å². The SMILES string of the molecule is COc1cc(C)ccc1OCC(=O)Nc1cccc(C(C)=O)c1. The number of Topliss-reactive ketones (excluding diaryl/α,β-unsaturated/α-hetero) is 1. The van der Waals surface area contributed by atoms with Gasteiger partial charge in [-0.25, -0.2) is 0 Å². The van der Waals surface area contributed by atoms with E-state index < -0.39 is 0 Å². The summed E-state index contributed by atoms with van der Waals surface area (Å²) in [6.07, 6.45) is 0. The van der Waals surface area contributed by atoms with Crippen molar-refractivity contribution in [3.63, 3.8) is 0 Å². The summed E-state index contributed by atoms with van der Waals surface area (Å²) in [6, 6.07) is 12.2. The Bertz CT molecular complexity index is 725. The maximum Gasteiger partial charge on any atom is 0.262 e. The molecule has 0 aliphatic carbocycles. The Labute approximate surface area is 135 Å². The summed E-state index contributed by atoms with van der Waals surface area (Å²) >= 11 is 0. The van der Waals surface area contributed by atoms with Crippen LogP contribution in [0.2, 0.25) is 0 Å². The number of anilines is 1. The quantitative estimate of drug-likeness (QED) is 0.832. The number of rotatable bonds is 6. The third kappa shape index (κ3) is 4.57. The molecule has 0 spiro atoms. The normalized spacial score (nSPS) is 10.0. The second-order valence-electron chi connectivity index (χ2n) is 5.13. The predicted molar refractivity (Wildman–Crippen MR) is 88.3 cm³/mol. The highest BCUT2D eigenvalue weighted by Crippen LogP contribution is 2.27. The van der Waals surface area contributed by atoms with Gasteiger partial charge in [0, 0.05) is 11.3 Å². The van der Waals surface area contributed by atoms with E-state index in [1.807, 2.05) is 19.1 Å². The van der Waals surface area contributed by atoms with E-state index in [2.05, 4.69) is 5.32 Å². The molecule has 120 valence electrons. The molecule has 1 N–H and O–H groups in total. The van der Waals surface area contributed by atoms with Gasteiger partial charge in [0.1, 0.15) is 0 Å². The van der Waals surface area contributed by atoms with Crippen LogP contribution in [0.1, 0.15) is 22.8 Å². The molecule has 5 heteroatoms. The number of hydrogen-bond acceptors (Lipinski definition) is 4. The topological polar surface area (TPSA) is 64.6 Å². The van der Waals surface area contributed by atoms with Gasteiger partial charge < -0.3 is 14.8 Å². The van der Waals surface area contributed by atoms with Crippen LogP contribution in [0, 0.1) is 6.92 Å². The first-order valence-corrected chi connectivity index (χ1v) is 7.18. The minimum Gasteiger partial charge on any atom is -0.493 e. The Kier molecular flexibility index (Phi) is 5.36. The number of ether oxygens (including phenoxy) is 2. The Hall–Kier alpha value is -2.82. The smallest absolute Gasteiger partial charge is 0.262 e. The van der Waals surface area contributed by atoms with E-state index in [1.165, 1.54) is 6.92 Å². The molecule has 1 amide bonds. The molecule has 0 saturated heterocycles. The van der Waals surface area contributed by atoms with Gasteiger partial charge >= 0.3 is 0 Å². The number of ketones is 1. The molecule has 0 atom stereocenters. The molecule has 2 rings (SSSR count). The predicted octanol–water partition coefficient (Wildman–Crippen LogP) is 3.22. The Morgan fingerprint density at radius 2 is 1.87 bits per heavy atom. The van der Waals surface area contributed by atoms with Gasteiger partial charge in [0.2, 0.25) is 0 Å².